The zero-order chi connectivity index (χ0) is 13.9. The molecule has 4 nitrogen and oxygen atoms in total. The highest BCUT2D eigenvalue weighted by molar-refractivity contribution is 7.99. The molecular formula is C14H21NO3S. The lowest BCUT2D eigenvalue weighted by atomic mass is 10.1. The molecule has 0 bridgehead atoms. The molecule has 0 aromatic carbocycles. The average molecular weight is 283 g/mol. The number of esters is 1. The molecule has 1 aromatic heterocycles. The quantitative estimate of drug-likeness (QED) is 0.779. The minimum atomic E-state index is -0.117. The van der Waals surface area contributed by atoms with Crippen LogP contribution in [0.15, 0.2) is 22.8 Å². The van der Waals surface area contributed by atoms with Crippen molar-refractivity contribution >= 4 is 17.7 Å². The molecule has 106 valence electrons. The molecule has 0 amide bonds. The summed E-state index contributed by atoms with van der Waals surface area (Å²) in [6, 6.07) is 3.86. The fourth-order valence-corrected chi connectivity index (χ4v) is 3.67. The molecule has 5 heteroatoms. The molecule has 19 heavy (non-hydrogen) atoms. The highest BCUT2D eigenvalue weighted by Crippen LogP contribution is 2.53. The Morgan fingerprint density at radius 3 is 2.84 bits per heavy atom. The van der Waals surface area contributed by atoms with Gasteiger partial charge in [-0.05, 0) is 37.3 Å². The second-order valence-electron chi connectivity index (χ2n) is 5.36. The second-order valence-corrected chi connectivity index (χ2v) is 6.49. The Morgan fingerprint density at radius 2 is 2.37 bits per heavy atom. The number of hydrogen-bond acceptors (Lipinski definition) is 5. The Labute approximate surface area is 118 Å². The van der Waals surface area contributed by atoms with Crippen molar-refractivity contribution in [1.29, 1.82) is 0 Å². The smallest absolute Gasteiger partial charge is 0.306 e. The van der Waals surface area contributed by atoms with Crippen LogP contribution in [0.5, 0.6) is 0 Å². The van der Waals surface area contributed by atoms with Gasteiger partial charge in [0.05, 0.1) is 25.0 Å². The fraction of sp³-hybridized carbons (Fsp3) is 0.643. The third-order valence-corrected chi connectivity index (χ3v) is 5.37. The number of thioether (sulfide) groups is 1. The summed E-state index contributed by atoms with van der Waals surface area (Å²) >= 11 is 1.78. The Morgan fingerprint density at radius 1 is 1.63 bits per heavy atom. The van der Waals surface area contributed by atoms with Gasteiger partial charge in [0.1, 0.15) is 5.76 Å². The van der Waals surface area contributed by atoms with E-state index in [0.29, 0.717) is 6.42 Å². The van der Waals surface area contributed by atoms with Crippen LogP contribution in [0.3, 0.4) is 0 Å². The van der Waals surface area contributed by atoms with Gasteiger partial charge < -0.3 is 14.9 Å². The van der Waals surface area contributed by atoms with Crippen LogP contribution in [0.2, 0.25) is 0 Å². The number of nitrogens with two attached hydrogens (primary N) is 1. The van der Waals surface area contributed by atoms with E-state index in [9.17, 15) is 4.79 Å². The van der Waals surface area contributed by atoms with Crippen LogP contribution < -0.4 is 5.73 Å². The van der Waals surface area contributed by atoms with Crippen molar-refractivity contribution in [3.63, 3.8) is 0 Å². The van der Waals surface area contributed by atoms with Crippen molar-refractivity contribution in [3.8, 4) is 0 Å². The molecule has 2 unspecified atom stereocenters. The zero-order valence-corrected chi connectivity index (χ0v) is 12.2. The van der Waals surface area contributed by atoms with Gasteiger partial charge in [-0.15, -0.1) is 11.8 Å². The summed E-state index contributed by atoms with van der Waals surface area (Å²) in [5, 5.41) is 0.144. The average Bonchev–Trinajstić information content (AvgIpc) is 2.91. The largest absolute Gasteiger partial charge is 0.469 e. The normalized spacial score (nSPS) is 19.7. The molecule has 0 radical (unpaired) electrons. The number of furan rings is 1. The predicted octanol–water partition coefficient (Wildman–Crippen LogP) is 2.74. The van der Waals surface area contributed by atoms with Crippen LogP contribution in [0.25, 0.3) is 0 Å². The third-order valence-electron chi connectivity index (χ3n) is 3.57. The lowest BCUT2D eigenvalue weighted by Gasteiger charge is -2.21. The van der Waals surface area contributed by atoms with Crippen LogP contribution in [0.1, 0.15) is 37.2 Å². The zero-order valence-electron chi connectivity index (χ0n) is 11.4. The number of hydrogen-bond donors (Lipinski definition) is 1. The van der Waals surface area contributed by atoms with Crippen LogP contribution in [0.4, 0.5) is 0 Å². The third kappa shape index (κ3) is 3.76. The molecule has 0 spiro atoms. The molecule has 2 rings (SSSR count). The van der Waals surface area contributed by atoms with Gasteiger partial charge in [-0.3, -0.25) is 4.79 Å². The van der Waals surface area contributed by atoms with E-state index in [1.165, 1.54) is 7.11 Å². The second kappa shape index (κ2) is 6.01. The first kappa shape index (κ1) is 14.5. The maximum atomic E-state index is 11.4. The maximum Gasteiger partial charge on any atom is 0.306 e. The van der Waals surface area contributed by atoms with E-state index in [4.69, 9.17) is 14.9 Å². The van der Waals surface area contributed by atoms with Gasteiger partial charge in [0.25, 0.3) is 0 Å². The number of rotatable bonds is 7. The molecule has 1 saturated carbocycles. The Kier molecular flexibility index (Phi) is 4.58. The summed E-state index contributed by atoms with van der Waals surface area (Å²) in [6.07, 6.45) is 4.38. The molecule has 1 heterocycles. The predicted molar refractivity (Wildman–Crippen MR) is 75.9 cm³/mol. The molecule has 2 N–H and O–H groups in total. The van der Waals surface area contributed by atoms with E-state index in [0.717, 1.165) is 24.4 Å². The lowest BCUT2D eigenvalue weighted by Crippen LogP contribution is -2.24. The summed E-state index contributed by atoms with van der Waals surface area (Å²) in [4.78, 5) is 11.4. The highest BCUT2D eigenvalue weighted by Gasteiger charge is 2.45. The molecule has 1 fully saturated rings. The van der Waals surface area contributed by atoms with Gasteiger partial charge in [0, 0.05) is 11.8 Å². The van der Waals surface area contributed by atoms with Gasteiger partial charge in [0.15, 0.2) is 0 Å². The topological polar surface area (TPSA) is 65.5 Å². The van der Waals surface area contributed by atoms with Crippen LogP contribution in [-0.2, 0) is 9.53 Å². The van der Waals surface area contributed by atoms with E-state index in [2.05, 4.69) is 0 Å². The van der Waals surface area contributed by atoms with E-state index in [1.54, 1.807) is 18.0 Å². The molecule has 2 atom stereocenters. The summed E-state index contributed by atoms with van der Waals surface area (Å²) in [6.45, 7) is 1.99. The Hall–Kier alpha value is -0.940. The summed E-state index contributed by atoms with van der Waals surface area (Å²) in [5.74, 6) is 1.72. The van der Waals surface area contributed by atoms with Gasteiger partial charge in [-0.25, -0.2) is 0 Å². The van der Waals surface area contributed by atoms with E-state index < -0.39 is 0 Å². The van der Waals surface area contributed by atoms with Crippen molar-refractivity contribution in [3.05, 3.63) is 24.2 Å². The molecule has 1 aromatic rings. The van der Waals surface area contributed by atoms with E-state index in [1.807, 2.05) is 19.1 Å². The number of methoxy groups -OCH3 is 1. The van der Waals surface area contributed by atoms with Crippen molar-refractivity contribution in [1.82, 2.24) is 0 Å². The fourth-order valence-electron chi connectivity index (χ4n) is 2.14. The molecular weight excluding hydrogens is 262 g/mol. The van der Waals surface area contributed by atoms with Gasteiger partial charge in [0.2, 0.25) is 0 Å². The van der Waals surface area contributed by atoms with Gasteiger partial charge in [-0.1, -0.05) is 0 Å². The van der Waals surface area contributed by atoms with Gasteiger partial charge >= 0.3 is 5.97 Å². The lowest BCUT2D eigenvalue weighted by molar-refractivity contribution is -0.141. The van der Waals surface area contributed by atoms with Crippen molar-refractivity contribution in [2.24, 2.45) is 11.1 Å². The summed E-state index contributed by atoms with van der Waals surface area (Å²) < 4.78 is 10.2. The Bertz CT molecular complexity index is 412. The summed E-state index contributed by atoms with van der Waals surface area (Å²) in [7, 11) is 1.44. The number of ether oxygens (including phenoxy) is 1. The molecule has 0 saturated heterocycles. The molecule has 1 aliphatic carbocycles. The number of carbonyl (C=O) groups is 1. The molecule has 0 aliphatic heterocycles. The van der Waals surface area contributed by atoms with Crippen molar-refractivity contribution in [2.45, 2.75) is 37.5 Å². The first-order valence-electron chi connectivity index (χ1n) is 6.54. The SMILES string of the molecule is COC(=O)CC1(CSC(c2ccco2)C(C)N)CC1. The highest BCUT2D eigenvalue weighted by atomic mass is 32.2. The van der Waals surface area contributed by atoms with Gasteiger partial charge in [-0.2, -0.15) is 0 Å². The minimum absolute atomic E-state index is 0.0186. The maximum absolute atomic E-state index is 11.4. The minimum Gasteiger partial charge on any atom is -0.469 e. The van der Waals surface area contributed by atoms with E-state index in [-0.39, 0.29) is 22.7 Å². The Balaban J connectivity index is 1.91. The van der Waals surface area contributed by atoms with Crippen molar-refractivity contribution < 1.29 is 13.9 Å². The van der Waals surface area contributed by atoms with Crippen LogP contribution in [-0.4, -0.2) is 24.9 Å². The first-order valence-corrected chi connectivity index (χ1v) is 7.59. The number of carbonyl (C=O) groups excluding carboxylic acids is 1. The van der Waals surface area contributed by atoms with Crippen LogP contribution in [0, 0.1) is 5.41 Å². The molecule has 1 aliphatic rings. The standard InChI is InChI=1S/C14H21NO3S/c1-10(15)13(11-4-3-7-18-11)19-9-14(5-6-14)8-12(16)17-2/h3-4,7,10,13H,5-6,8-9,15H2,1-2H3. The van der Waals surface area contributed by atoms with Crippen molar-refractivity contribution in [2.75, 3.05) is 12.9 Å². The monoisotopic (exact) mass is 283 g/mol. The van der Waals surface area contributed by atoms with Crippen LogP contribution >= 0.6 is 11.8 Å². The van der Waals surface area contributed by atoms with E-state index >= 15 is 0 Å². The summed E-state index contributed by atoms with van der Waals surface area (Å²) in [5.41, 5.74) is 6.16. The first-order chi connectivity index (χ1) is 9.06.